The highest BCUT2D eigenvalue weighted by molar-refractivity contribution is 5.86. The maximum atomic E-state index is 12.2. The SMILES string of the molecule is Cc1ccc2c(N)nc(=O)n(-c3cccnc3C)c2n1. The molecule has 3 aromatic heterocycles. The fourth-order valence-electron chi connectivity index (χ4n) is 2.15. The van der Waals surface area contributed by atoms with Gasteiger partial charge in [-0.2, -0.15) is 4.98 Å². The topological polar surface area (TPSA) is 86.7 Å². The van der Waals surface area contributed by atoms with E-state index in [1.807, 2.05) is 32.0 Å². The highest BCUT2D eigenvalue weighted by atomic mass is 16.1. The number of rotatable bonds is 1. The van der Waals surface area contributed by atoms with Crippen LogP contribution in [0.4, 0.5) is 5.82 Å². The van der Waals surface area contributed by atoms with Crippen molar-refractivity contribution >= 4 is 16.9 Å². The standard InChI is InChI=1S/C14H13N5O/c1-8-5-6-10-12(15)18-14(20)19(13(10)17-8)11-4-3-7-16-9(11)2/h3-7H,1-2H3,(H2,15,18,20). The Bertz CT molecular complexity index is 869. The Kier molecular flexibility index (Phi) is 2.71. The molecule has 0 amide bonds. The zero-order valence-corrected chi connectivity index (χ0v) is 11.2. The predicted molar refractivity (Wildman–Crippen MR) is 76.8 cm³/mol. The van der Waals surface area contributed by atoms with E-state index in [9.17, 15) is 4.79 Å². The summed E-state index contributed by atoms with van der Waals surface area (Å²) in [6, 6.07) is 7.24. The van der Waals surface area contributed by atoms with E-state index in [1.165, 1.54) is 4.57 Å². The van der Waals surface area contributed by atoms with E-state index in [4.69, 9.17) is 5.73 Å². The molecule has 0 aliphatic heterocycles. The molecule has 0 aliphatic rings. The molecule has 2 N–H and O–H groups in total. The second-order valence-electron chi connectivity index (χ2n) is 4.55. The van der Waals surface area contributed by atoms with Gasteiger partial charge in [-0.05, 0) is 38.1 Å². The van der Waals surface area contributed by atoms with Crippen LogP contribution in [0.2, 0.25) is 0 Å². The maximum absolute atomic E-state index is 12.2. The van der Waals surface area contributed by atoms with Gasteiger partial charge in [0.05, 0.1) is 16.8 Å². The number of nitrogen functional groups attached to an aromatic ring is 1. The summed E-state index contributed by atoms with van der Waals surface area (Å²) >= 11 is 0. The molecule has 3 rings (SSSR count). The molecule has 0 saturated carbocycles. The third kappa shape index (κ3) is 1.82. The van der Waals surface area contributed by atoms with Crippen LogP contribution < -0.4 is 11.4 Å². The van der Waals surface area contributed by atoms with Gasteiger partial charge in [-0.3, -0.25) is 4.98 Å². The Morgan fingerprint density at radius 1 is 1.15 bits per heavy atom. The molecule has 0 spiro atoms. The molecule has 3 heterocycles. The van der Waals surface area contributed by atoms with E-state index in [0.717, 1.165) is 11.4 Å². The molecule has 100 valence electrons. The van der Waals surface area contributed by atoms with Crippen molar-refractivity contribution in [2.75, 3.05) is 5.73 Å². The van der Waals surface area contributed by atoms with Gasteiger partial charge in [-0.15, -0.1) is 0 Å². The first kappa shape index (κ1) is 12.3. The number of pyridine rings is 2. The average molecular weight is 267 g/mol. The Morgan fingerprint density at radius 3 is 2.70 bits per heavy atom. The molecule has 0 fully saturated rings. The summed E-state index contributed by atoms with van der Waals surface area (Å²) in [6.45, 7) is 3.70. The molecule has 6 heteroatoms. The minimum Gasteiger partial charge on any atom is -0.383 e. The molecule has 0 atom stereocenters. The fourth-order valence-corrected chi connectivity index (χ4v) is 2.15. The molecule has 0 aromatic carbocycles. The van der Waals surface area contributed by atoms with Gasteiger partial charge >= 0.3 is 5.69 Å². The number of hydrogen-bond donors (Lipinski definition) is 1. The van der Waals surface area contributed by atoms with Gasteiger partial charge in [0.2, 0.25) is 0 Å². The molecule has 0 bridgehead atoms. The Morgan fingerprint density at radius 2 is 1.95 bits per heavy atom. The van der Waals surface area contributed by atoms with Crippen LogP contribution in [0.3, 0.4) is 0 Å². The molecule has 0 radical (unpaired) electrons. The van der Waals surface area contributed by atoms with Crippen LogP contribution >= 0.6 is 0 Å². The van der Waals surface area contributed by atoms with Gasteiger partial charge in [0, 0.05) is 11.9 Å². The third-order valence-electron chi connectivity index (χ3n) is 3.13. The predicted octanol–water partition coefficient (Wildman–Crippen LogP) is 1.37. The van der Waals surface area contributed by atoms with Crippen molar-refractivity contribution in [1.82, 2.24) is 19.5 Å². The largest absolute Gasteiger partial charge is 0.383 e. The second-order valence-corrected chi connectivity index (χ2v) is 4.55. The van der Waals surface area contributed by atoms with Crippen molar-refractivity contribution in [3.05, 3.63) is 52.3 Å². The van der Waals surface area contributed by atoms with Crippen LogP contribution in [0, 0.1) is 13.8 Å². The van der Waals surface area contributed by atoms with Crippen LogP contribution in [-0.2, 0) is 0 Å². The highest BCUT2D eigenvalue weighted by Gasteiger charge is 2.13. The summed E-state index contributed by atoms with van der Waals surface area (Å²) in [5.74, 6) is 0.190. The Labute approximate surface area is 114 Å². The number of nitrogens with two attached hydrogens (primary N) is 1. The lowest BCUT2D eigenvalue weighted by Crippen LogP contribution is -2.24. The van der Waals surface area contributed by atoms with Crippen molar-refractivity contribution in [3.8, 4) is 5.69 Å². The summed E-state index contributed by atoms with van der Waals surface area (Å²) in [7, 11) is 0. The fraction of sp³-hybridized carbons (Fsp3) is 0.143. The van der Waals surface area contributed by atoms with E-state index < -0.39 is 5.69 Å². The maximum Gasteiger partial charge on any atom is 0.355 e. The van der Waals surface area contributed by atoms with Crippen LogP contribution in [0.5, 0.6) is 0 Å². The zero-order chi connectivity index (χ0) is 14.3. The average Bonchev–Trinajstić information content (AvgIpc) is 2.40. The zero-order valence-electron chi connectivity index (χ0n) is 11.2. The molecule has 0 unspecified atom stereocenters. The van der Waals surface area contributed by atoms with Crippen LogP contribution in [-0.4, -0.2) is 19.5 Å². The highest BCUT2D eigenvalue weighted by Crippen LogP contribution is 2.19. The Balaban J connectivity index is 2.50. The van der Waals surface area contributed by atoms with E-state index in [1.54, 1.807) is 12.3 Å². The normalized spacial score (nSPS) is 10.9. The van der Waals surface area contributed by atoms with E-state index in [-0.39, 0.29) is 5.82 Å². The minimum absolute atomic E-state index is 0.190. The summed E-state index contributed by atoms with van der Waals surface area (Å²) < 4.78 is 1.45. The third-order valence-corrected chi connectivity index (χ3v) is 3.13. The smallest absolute Gasteiger partial charge is 0.355 e. The van der Waals surface area contributed by atoms with Crippen LogP contribution in [0.1, 0.15) is 11.4 Å². The van der Waals surface area contributed by atoms with Gasteiger partial charge in [-0.25, -0.2) is 14.3 Å². The molecule has 3 aromatic rings. The van der Waals surface area contributed by atoms with Crippen molar-refractivity contribution in [2.45, 2.75) is 13.8 Å². The first-order chi connectivity index (χ1) is 9.58. The summed E-state index contributed by atoms with van der Waals surface area (Å²) in [6.07, 6.45) is 1.68. The summed E-state index contributed by atoms with van der Waals surface area (Å²) in [5, 5.41) is 0.651. The van der Waals surface area contributed by atoms with Gasteiger partial charge in [0.15, 0.2) is 5.65 Å². The molecule has 20 heavy (non-hydrogen) atoms. The van der Waals surface area contributed by atoms with Crippen molar-refractivity contribution in [2.24, 2.45) is 0 Å². The lowest BCUT2D eigenvalue weighted by atomic mass is 10.2. The van der Waals surface area contributed by atoms with Gasteiger partial charge in [0.1, 0.15) is 5.82 Å². The van der Waals surface area contributed by atoms with Crippen molar-refractivity contribution in [3.63, 3.8) is 0 Å². The molecule has 0 aliphatic carbocycles. The lowest BCUT2D eigenvalue weighted by molar-refractivity contribution is 0.920. The van der Waals surface area contributed by atoms with Crippen LogP contribution in [0.15, 0.2) is 35.3 Å². The van der Waals surface area contributed by atoms with E-state index >= 15 is 0 Å². The minimum atomic E-state index is -0.454. The van der Waals surface area contributed by atoms with E-state index in [2.05, 4.69) is 15.0 Å². The van der Waals surface area contributed by atoms with Gasteiger partial charge in [0.25, 0.3) is 0 Å². The van der Waals surface area contributed by atoms with Crippen molar-refractivity contribution in [1.29, 1.82) is 0 Å². The lowest BCUT2D eigenvalue weighted by Gasteiger charge is -2.12. The second kappa shape index (κ2) is 4.41. The van der Waals surface area contributed by atoms with Crippen molar-refractivity contribution < 1.29 is 0 Å². The first-order valence-corrected chi connectivity index (χ1v) is 6.16. The number of aryl methyl sites for hydroxylation is 2. The monoisotopic (exact) mass is 267 g/mol. The Hall–Kier alpha value is -2.76. The van der Waals surface area contributed by atoms with Crippen LogP contribution in [0.25, 0.3) is 16.7 Å². The number of nitrogens with zero attached hydrogens (tertiary/aromatic N) is 4. The summed E-state index contributed by atoms with van der Waals surface area (Å²) in [5.41, 5.74) is 8.05. The number of aromatic nitrogens is 4. The molecular weight excluding hydrogens is 254 g/mol. The molecular formula is C14H13N5O. The molecule has 6 nitrogen and oxygen atoms in total. The number of anilines is 1. The summed E-state index contributed by atoms with van der Waals surface area (Å²) in [4.78, 5) is 24.7. The molecule has 0 saturated heterocycles. The number of hydrogen-bond acceptors (Lipinski definition) is 5. The first-order valence-electron chi connectivity index (χ1n) is 6.16. The number of fused-ring (bicyclic) bond motifs is 1. The quantitative estimate of drug-likeness (QED) is 0.719. The van der Waals surface area contributed by atoms with Gasteiger partial charge < -0.3 is 5.73 Å². The van der Waals surface area contributed by atoms with Gasteiger partial charge in [-0.1, -0.05) is 0 Å². The van der Waals surface area contributed by atoms with E-state index in [0.29, 0.717) is 16.7 Å².